The van der Waals surface area contributed by atoms with Crippen LogP contribution in [0, 0.1) is 6.92 Å². The average molecular weight is 605 g/mol. The number of carbonyl (C=O) groups is 2. The van der Waals surface area contributed by atoms with Crippen LogP contribution in [0.4, 0.5) is 4.79 Å². The van der Waals surface area contributed by atoms with Gasteiger partial charge in [-0.1, -0.05) is 29.8 Å². The van der Waals surface area contributed by atoms with E-state index >= 15 is 0 Å². The molecule has 1 unspecified atom stereocenters. The fourth-order valence-corrected chi connectivity index (χ4v) is 6.71. The Kier molecular flexibility index (Phi) is 8.83. The number of likely N-dealkylation sites (tertiary alicyclic amines) is 1. The number of hydrogen-bond acceptors (Lipinski definition) is 6. The van der Waals surface area contributed by atoms with E-state index in [0.717, 1.165) is 62.0 Å². The van der Waals surface area contributed by atoms with Crippen molar-refractivity contribution in [3.63, 3.8) is 0 Å². The highest BCUT2D eigenvalue weighted by molar-refractivity contribution is 6.30. The molecule has 0 saturated carbocycles. The highest BCUT2D eigenvalue weighted by Crippen LogP contribution is 2.38. The van der Waals surface area contributed by atoms with Crippen molar-refractivity contribution in [2.45, 2.75) is 57.3 Å². The summed E-state index contributed by atoms with van der Waals surface area (Å²) in [5.41, 5.74) is 3.14. The summed E-state index contributed by atoms with van der Waals surface area (Å²) in [6.45, 7) is 6.46. The van der Waals surface area contributed by atoms with Crippen LogP contribution < -0.4 is 4.74 Å². The van der Waals surface area contributed by atoms with Crippen LogP contribution in [0.1, 0.15) is 58.8 Å². The molecule has 3 saturated heterocycles. The fraction of sp³-hybridized carbons (Fsp3) is 0.424. The maximum Gasteiger partial charge on any atom is 0.335 e. The first-order valence-electron chi connectivity index (χ1n) is 15.0. The Morgan fingerprint density at radius 2 is 1.84 bits per heavy atom. The molecule has 3 aliphatic heterocycles. The molecule has 0 aliphatic carbocycles. The van der Waals surface area contributed by atoms with Crippen LogP contribution in [0.25, 0.3) is 0 Å². The largest absolute Gasteiger partial charge is 0.478 e. The summed E-state index contributed by atoms with van der Waals surface area (Å²) in [4.78, 5) is 36.2. The predicted molar refractivity (Wildman–Crippen MR) is 163 cm³/mol. The Hall–Kier alpha value is -3.66. The lowest BCUT2D eigenvalue weighted by Gasteiger charge is -2.39. The van der Waals surface area contributed by atoms with E-state index in [-0.39, 0.29) is 29.7 Å². The zero-order valence-electron chi connectivity index (χ0n) is 24.3. The zero-order valence-corrected chi connectivity index (χ0v) is 25.1. The molecule has 2 aromatic carbocycles. The molecule has 6 rings (SSSR count). The number of benzene rings is 2. The summed E-state index contributed by atoms with van der Waals surface area (Å²) < 4.78 is 11.5. The standard InChI is InChI=1S/C33H37ClN4O5/c1-22-17-25(32(39)40)6-7-30(22)43-31-8-5-23(19-35-31)20-36-13-9-28(10-14-36)38-29(24-3-2-4-26(34)18-24)21-37(33(38)41)27-11-15-42-16-12-27/h2-8,17-19,27-29H,9-16,20-21H2,1H3,(H,39,40). The maximum atomic E-state index is 13.9. The molecule has 10 heteroatoms. The summed E-state index contributed by atoms with van der Waals surface area (Å²) in [5, 5.41) is 9.87. The van der Waals surface area contributed by atoms with Crippen LogP contribution >= 0.6 is 11.6 Å². The van der Waals surface area contributed by atoms with Crippen molar-refractivity contribution in [3.8, 4) is 11.6 Å². The highest BCUT2D eigenvalue weighted by atomic mass is 35.5. The molecule has 43 heavy (non-hydrogen) atoms. The van der Waals surface area contributed by atoms with Crippen molar-refractivity contribution < 1.29 is 24.2 Å². The minimum atomic E-state index is -0.967. The number of pyridine rings is 1. The Bertz CT molecular complexity index is 1450. The van der Waals surface area contributed by atoms with Crippen LogP contribution in [-0.4, -0.2) is 81.7 Å². The fourth-order valence-electron chi connectivity index (χ4n) is 6.51. The van der Waals surface area contributed by atoms with Crippen molar-refractivity contribution >= 4 is 23.6 Å². The van der Waals surface area contributed by atoms with Gasteiger partial charge in [0.15, 0.2) is 0 Å². The van der Waals surface area contributed by atoms with E-state index in [1.807, 2.05) is 43.5 Å². The predicted octanol–water partition coefficient (Wildman–Crippen LogP) is 6.16. The second kappa shape index (κ2) is 12.9. The van der Waals surface area contributed by atoms with E-state index in [4.69, 9.17) is 21.1 Å². The quantitative estimate of drug-likeness (QED) is 0.329. The minimum absolute atomic E-state index is 0.00805. The number of ether oxygens (including phenoxy) is 2. The Balaban J connectivity index is 1.08. The Labute approximate surface area is 257 Å². The van der Waals surface area contributed by atoms with Crippen molar-refractivity contribution in [2.24, 2.45) is 0 Å². The zero-order chi connectivity index (χ0) is 29.9. The van der Waals surface area contributed by atoms with E-state index in [1.165, 1.54) is 6.07 Å². The molecular weight excluding hydrogens is 568 g/mol. The van der Waals surface area contributed by atoms with E-state index in [1.54, 1.807) is 12.1 Å². The van der Waals surface area contributed by atoms with Gasteiger partial charge in [-0.25, -0.2) is 14.6 Å². The number of aromatic carboxylic acids is 1. The number of amides is 2. The number of halogens is 1. The van der Waals surface area contributed by atoms with E-state index in [2.05, 4.69) is 25.8 Å². The summed E-state index contributed by atoms with van der Waals surface area (Å²) >= 11 is 6.37. The lowest BCUT2D eigenvalue weighted by molar-refractivity contribution is 0.0493. The molecule has 226 valence electrons. The van der Waals surface area contributed by atoms with E-state index in [9.17, 15) is 14.7 Å². The molecule has 0 radical (unpaired) electrons. The number of carboxylic acids is 1. The number of urea groups is 1. The second-order valence-electron chi connectivity index (χ2n) is 11.7. The molecule has 0 bridgehead atoms. The van der Waals surface area contributed by atoms with Crippen molar-refractivity contribution in [2.75, 3.05) is 32.8 Å². The lowest BCUT2D eigenvalue weighted by atomic mass is 9.98. The van der Waals surface area contributed by atoms with Crippen molar-refractivity contribution in [3.05, 3.63) is 88.1 Å². The third-order valence-electron chi connectivity index (χ3n) is 8.83. The van der Waals surface area contributed by atoms with Gasteiger partial charge >= 0.3 is 12.0 Å². The van der Waals surface area contributed by atoms with Gasteiger partial charge in [0.25, 0.3) is 0 Å². The third kappa shape index (κ3) is 6.64. The first kappa shape index (κ1) is 29.4. The first-order chi connectivity index (χ1) is 20.9. The van der Waals surface area contributed by atoms with Gasteiger partial charge in [-0.15, -0.1) is 0 Å². The van der Waals surface area contributed by atoms with Crippen molar-refractivity contribution in [1.29, 1.82) is 0 Å². The number of piperidine rings is 1. The molecular formula is C33H37ClN4O5. The van der Waals surface area contributed by atoms with E-state index in [0.29, 0.717) is 36.4 Å². The Morgan fingerprint density at radius 1 is 1.05 bits per heavy atom. The van der Waals surface area contributed by atoms with Crippen LogP contribution in [0.15, 0.2) is 60.8 Å². The van der Waals surface area contributed by atoms with Gasteiger partial charge in [0, 0.05) is 68.8 Å². The second-order valence-corrected chi connectivity index (χ2v) is 12.1. The number of nitrogens with zero attached hydrogens (tertiary/aromatic N) is 4. The third-order valence-corrected chi connectivity index (χ3v) is 9.06. The SMILES string of the molecule is Cc1cc(C(=O)O)ccc1Oc1ccc(CN2CCC(N3C(=O)N(C4CCOCC4)CC3c3cccc(Cl)c3)CC2)cn1. The van der Waals surface area contributed by atoms with Crippen LogP contribution in [0.3, 0.4) is 0 Å². The van der Waals surface area contributed by atoms with Crippen LogP contribution in [-0.2, 0) is 11.3 Å². The van der Waals surface area contributed by atoms with Crippen LogP contribution in [0.5, 0.6) is 11.6 Å². The van der Waals surface area contributed by atoms with Gasteiger partial charge in [0.1, 0.15) is 5.75 Å². The number of aryl methyl sites for hydroxylation is 1. The molecule has 1 atom stereocenters. The minimum Gasteiger partial charge on any atom is -0.478 e. The summed E-state index contributed by atoms with van der Waals surface area (Å²) in [5.74, 6) is 0.0728. The lowest BCUT2D eigenvalue weighted by Crippen LogP contribution is -2.48. The monoisotopic (exact) mass is 604 g/mol. The summed E-state index contributed by atoms with van der Waals surface area (Å²) in [6, 6.07) is 17.1. The molecule has 3 aliphatic rings. The molecule has 0 spiro atoms. The smallest absolute Gasteiger partial charge is 0.335 e. The van der Waals surface area contributed by atoms with Gasteiger partial charge in [-0.3, -0.25) is 4.90 Å². The number of aromatic nitrogens is 1. The number of rotatable bonds is 8. The first-order valence-corrected chi connectivity index (χ1v) is 15.3. The summed E-state index contributed by atoms with van der Waals surface area (Å²) in [6.07, 6.45) is 5.41. The summed E-state index contributed by atoms with van der Waals surface area (Å²) in [7, 11) is 0. The van der Waals surface area contributed by atoms with Gasteiger partial charge in [0.05, 0.1) is 11.6 Å². The van der Waals surface area contributed by atoms with Crippen molar-refractivity contribution in [1.82, 2.24) is 19.7 Å². The molecule has 3 fully saturated rings. The highest BCUT2D eigenvalue weighted by Gasteiger charge is 2.45. The topological polar surface area (TPSA) is 95.4 Å². The van der Waals surface area contributed by atoms with Gasteiger partial charge in [0.2, 0.25) is 5.88 Å². The van der Waals surface area contributed by atoms with Gasteiger partial charge in [-0.2, -0.15) is 0 Å². The number of carboxylic acid groups (broad SMARTS) is 1. The van der Waals surface area contributed by atoms with E-state index < -0.39 is 5.97 Å². The molecule has 3 aromatic rings. The van der Waals surface area contributed by atoms with Gasteiger partial charge < -0.3 is 24.4 Å². The molecule has 2 amide bonds. The number of carbonyl (C=O) groups excluding carboxylic acids is 1. The molecule has 1 aromatic heterocycles. The van der Waals surface area contributed by atoms with Crippen LogP contribution in [0.2, 0.25) is 5.02 Å². The average Bonchev–Trinajstić information content (AvgIpc) is 3.36. The normalized spacial score (nSPS) is 20.5. The molecule has 1 N–H and O–H groups in total. The Morgan fingerprint density at radius 3 is 2.51 bits per heavy atom. The number of hydrogen-bond donors (Lipinski definition) is 1. The molecule has 4 heterocycles. The maximum absolute atomic E-state index is 13.9. The molecule has 9 nitrogen and oxygen atoms in total. The van der Waals surface area contributed by atoms with Gasteiger partial charge in [-0.05, 0) is 79.6 Å².